The van der Waals surface area contributed by atoms with Gasteiger partial charge in [0.2, 0.25) is 0 Å². The lowest BCUT2D eigenvalue weighted by Crippen LogP contribution is -2.40. The number of methoxy groups -OCH3 is 1. The van der Waals surface area contributed by atoms with Crippen LogP contribution in [-0.2, 0) is 4.74 Å². The van der Waals surface area contributed by atoms with E-state index in [9.17, 15) is 0 Å². The van der Waals surface area contributed by atoms with Crippen LogP contribution in [-0.4, -0.2) is 30.6 Å². The fourth-order valence-electron chi connectivity index (χ4n) is 2.09. The molecule has 0 aliphatic carbocycles. The Morgan fingerprint density at radius 3 is 2.48 bits per heavy atom. The van der Waals surface area contributed by atoms with Crippen molar-refractivity contribution in [2.45, 2.75) is 40.7 Å². The molecule has 1 aromatic carbocycles. The Balaban J connectivity index is 2.73. The first-order chi connectivity index (χ1) is 9.85. The highest BCUT2D eigenvalue weighted by atomic mass is 32.1. The molecule has 1 atom stereocenters. The van der Waals surface area contributed by atoms with Gasteiger partial charge in [-0.15, -0.1) is 0 Å². The Kier molecular flexibility index (Phi) is 6.78. The quantitative estimate of drug-likeness (QED) is 0.499. The number of thiocarbonyl (C=S) groups is 1. The first-order valence-corrected chi connectivity index (χ1v) is 7.44. The summed E-state index contributed by atoms with van der Waals surface area (Å²) in [4.78, 5) is 0. The Morgan fingerprint density at radius 1 is 1.24 bits per heavy atom. The van der Waals surface area contributed by atoms with Gasteiger partial charge in [-0.2, -0.15) is 5.10 Å². The fraction of sp³-hybridized carbons (Fsp3) is 0.500. The molecular weight excluding hydrogens is 282 g/mol. The van der Waals surface area contributed by atoms with Gasteiger partial charge >= 0.3 is 0 Å². The van der Waals surface area contributed by atoms with Crippen LogP contribution in [0.3, 0.4) is 0 Å². The minimum Gasteiger partial charge on any atom is -0.383 e. The van der Waals surface area contributed by atoms with Crippen molar-refractivity contribution >= 4 is 23.0 Å². The van der Waals surface area contributed by atoms with Crippen molar-refractivity contribution in [1.82, 2.24) is 10.7 Å². The molecule has 0 aliphatic rings. The van der Waals surface area contributed by atoms with Crippen molar-refractivity contribution in [3.8, 4) is 0 Å². The highest BCUT2D eigenvalue weighted by Gasteiger charge is 2.06. The maximum atomic E-state index is 5.21. The summed E-state index contributed by atoms with van der Waals surface area (Å²) < 4.78 is 5.05. The predicted molar refractivity (Wildman–Crippen MR) is 93.1 cm³/mol. The molecule has 0 aliphatic heterocycles. The number of rotatable bonds is 5. The zero-order valence-electron chi connectivity index (χ0n) is 13.7. The van der Waals surface area contributed by atoms with Crippen molar-refractivity contribution < 1.29 is 4.74 Å². The molecule has 5 heteroatoms. The molecule has 0 radical (unpaired) electrons. The maximum Gasteiger partial charge on any atom is 0.187 e. The molecule has 0 heterocycles. The monoisotopic (exact) mass is 307 g/mol. The van der Waals surface area contributed by atoms with E-state index in [1.165, 1.54) is 16.7 Å². The molecule has 0 bridgehead atoms. The van der Waals surface area contributed by atoms with Gasteiger partial charge in [0.1, 0.15) is 0 Å². The second-order valence-corrected chi connectivity index (χ2v) is 5.80. The Labute approximate surface area is 133 Å². The molecule has 2 N–H and O–H groups in total. The van der Waals surface area contributed by atoms with E-state index in [4.69, 9.17) is 17.0 Å². The number of hydrogen-bond acceptors (Lipinski definition) is 3. The standard InChI is InChI=1S/C16H25N3OS/c1-10-7-12(3)15(8-11(10)2)14(5)18-19-16(21)17-13(4)9-20-6/h7-8,13H,9H2,1-6H3,(H2,17,19,21)/b18-14-/t13-/m1/s1. The minimum atomic E-state index is 0.147. The summed E-state index contributed by atoms with van der Waals surface area (Å²) >= 11 is 5.21. The first-order valence-electron chi connectivity index (χ1n) is 7.03. The second-order valence-electron chi connectivity index (χ2n) is 5.39. The van der Waals surface area contributed by atoms with Gasteiger partial charge in [0.15, 0.2) is 5.11 Å². The molecule has 0 unspecified atom stereocenters. The zero-order valence-corrected chi connectivity index (χ0v) is 14.5. The van der Waals surface area contributed by atoms with Crippen LogP contribution in [0.25, 0.3) is 0 Å². The van der Waals surface area contributed by atoms with Crippen molar-refractivity contribution in [3.63, 3.8) is 0 Å². The lowest BCUT2D eigenvalue weighted by molar-refractivity contribution is 0.179. The van der Waals surface area contributed by atoms with Crippen LogP contribution in [0.15, 0.2) is 17.2 Å². The topological polar surface area (TPSA) is 45.6 Å². The molecule has 0 saturated carbocycles. The normalized spacial score (nSPS) is 13.0. The van der Waals surface area contributed by atoms with E-state index in [0.29, 0.717) is 11.7 Å². The largest absolute Gasteiger partial charge is 0.383 e. The SMILES string of the molecule is COC[C@@H](C)NC(=S)N/N=C(/C)c1cc(C)c(C)cc1C. The average molecular weight is 307 g/mol. The summed E-state index contributed by atoms with van der Waals surface area (Å²) in [6.07, 6.45) is 0. The summed E-state index contributed by atoms with van der Waals surface area (Å²) in [6.45, 7) is 10.9. The van der Waals surface area contributed by atoms with Crippen LogP contribution < -0.4 is 10.7 Å². The molecule has 0 saturated heterocycles. The van der Waals surface area contributed by atoms with Gasteiger partial charge in [-0.25, -0.2) is 0 Å². The molecular formula is C16H25N3OS. The van der Waals surface area contributed by atoms with Gasteiger partial charge in [0, 0.05) is 18.7 Å². The van der Waals surface area contributed by atoms with Gasteiger partial charge in [-0.05, 0) is 69.6 Å². The summed E-state index contributed by atoms with van der Waals surface area (Å²) in [6, 6.07) is 4.49. The molecule has 4 nitrogen and oxygen atoms in total. The Morgan fingerprint density at radius 2 is 1.86 bits per heavy atom. The third kappa shape index (κ3) is 5.44. The summed E-state index contributed by atoms with van der Waals surface area (Å²) in [5.41, 5.74) is 8.71. The first kappa shape index (κ1) is 17.6. The van der Waals surface area contributed by atoms with Gasteiger partial charge in [0.05, 0.1) is 12.3 Å². The lowest BCUT2D eigenvalue weighted by atomic mass is 9.98. The van der Waals surface area contributed by atoms with E-state index in [1.807, 2.05) is 13.8 Å². The van der Waals surface area contributed by atoms with Gasteiger partial charge < -0.3 is 10.1 Å². The van der Waals surface area contributed by atoms with Crippen LogP contribution >= 0.6 is 12.2 Å². The highest BCUT2D eigenvalue weighted by Crippen LogP contribution is 2.16. The van der Waals surface area contributed by atoms with Crippen molar-refractivity contribution in [3.05, 3.63) is 34.4 Å². The van der Waals surface area contributed by atoms with E-state index >= 15 is 0 Å². The van der Waals surface area contributed by atoms with Gasteiger partial charge in [-0.1, -0.05) is 6.07 Å². The Hall–Kier alpha value is -1.46. The number of nitrogens with one attached hydrogen (secondary N) is 2. The molecule has 0 aromatic heterocycles. The number of ether oxygens (including phenoxy) is 1. The van der Waals surface area contributed by atoms with Gasteiger partial charge in [-0.3, -0.25) is 5.43 Å². The summed E-state index contributed by atoms with van der Waals surface area (Å²) in [5.74, 6) is 0. The number of hydrazone groups is 1. The van der Waals surface area contributed by atoms with Crippen LogP contribution in [0.1, 0.15) is 36.1 Å². The molecule has 21 heavy (non-hydrogen) atoms. The van der Waals surface area contributed by atoms with Crippen molar-refractivity contribution in [2.75, 3.05) is 13.7 Å². The minimum absolute atomic E-state index is 0.147. The maximum absolute atomic E-state index is 5.21. The summed E-state index contributed by atoms with van der Waals surface area (Å²) in [5, 5.41) is 7.97. The smallest absolute Gasteiger partial charge is 0.187 e. The van der Waals surface area contributed by atoms with E-state index < -0.39 is 0 Å². The van der Waals surface area contributed by atoms with Gasteiger partial charge in [0.25, 0.3) is 0 Å². The number of nitrogens with zero attached hydrogens (tertiary/aromatic N) is 1. The van der Waals surface area contributed by atoms with Crippen LogP contribution in [0.2, 0.25) is 0 Å². The molecule has 0 amide bonds. The number of hydrogen-bond donors (Lipinski definition) is 2. The predicted octanol–water partition coefficient (Wildman–Crippen LogP) is 2.83. The van der Waals surface area contributed by atoms with E-state index in [-0.39, 0.29) is 6.04 Å². The zero-order chi connectivity index (χ0) is 16.0. The molecule has 116 valence electrons. The highest BCUT2D eigenvalue weighted by molar-refractivity contribution is 7.80. The molecule has 0 fully saturated rings. The van der Waals surface area contributed by atoms with Crippen LogP contribution in [0.5, 0.6) is 0 Å². The van der Waals surface area contributed by atoms with Crippen LogP contribution in [0.4, 0.5) is 0 Å². The lowest BCUT2D eigenvalue weighted by Gasteiger charge is -2.15. The molecule has 0 spiro atoms. The second kappa shape index (κ2) is 8.10. The van der Waals surface area contributed by atoms with E-state index in [0.717, 1.165) is 11.3 Å². The summed E-state index contributed by atoms with van der Waals surface area (Å²) in [7, 11) is 1.67. The Bertz CT molecular complexity index is 541. The van der Waals surface area contributed by atoms with Crippen molar-refractivity contribution in [2.24, 2.45) is 5.10 Å². The van der Waals surface area contributed by atoms with Crippen LogP contribution in [0, 0.1) is 20.8 Å². The van der Waals surface area contributed by atoms with E-state index in [2.05, 4.69) is 48.7 Å². The third-order valence-corrected chi connectivity index (χ3v) is 3.56. The third-order valence-electron chi connectivity index (χ3n) is 3.35. The fourth-order valence-corrected chi connectivity index (χ4v) is 2.34. The number of benzene rings is 1. The van der Waals surface area contributed by atoms with Crippen molar-refractivity contribution in [1.29, 1.82) is 0 Å². The molecule has 1 aromatic rings. The molecule has 1 rings (SSSR count). The van der Waals surface area contributed by atoms with E-state index in [1.54, 1.807) is 7.11 Å². The number of aryl methyl sites for hydroxylation is 3. The average Bonchev–Trinajstić information content (AvgIpc) is 2.40.